The Morgan fingerprint density at radius 2 is 1.65 bits per heavy atom. The van der Waals surface area contributed by atoms with Gasteiger partial charge in [-0.1, -0.05) is 24.3 Å². The first-order valence-electron chi connectivity index (χ1n) is 5.54. The van der Waals surface area contributed by atoms with Gasteiger partial charge in [-0.3, -0.25) is 0 Å². The van der Waals surface area contributed by atoms with Crippen LogP contribution in [-0.2, 0) is 6.42 Å². The molecule has 0 radical (unpaired) electrons. The monoisotopic (exact) mass is 230 g/mol. The lowest BCUT2D eigenvalue weighted by atomic mass is 10.1. The van der Waals surface area contributed by atoms with E-state index in [9.17, 15) is 0 Å². The predicted octanol–water partition coefficient (Wildman–Crippen LogP) is 1.17. The van der Waals surface area contributed by atoms with E-state index >= 15 is 0 Å². The van der Waals surface area contributed by atoms with Gasteiger partial charge in [0.2, 0.25) is 5.82 Å². The van der Waals surface area contributed by atoms with Crippen molar-refractivity contribution in [3.05, 3.63) is 35.7 Å². The minimum atomic E-state index is 0.219. The highest BCUT2D eigenvalue weighted by Gasteiger charge is 2.02. The second-order valence-electron chi connectivity index (χ2n) is 3.79. The van der Waals surface area contributed by atoms with Crippen LogP contribution in [0.5, 0.6) is 0 Å². The van der Waals surface area contributed by atoms with Crippen LogP contribution in [0.25, 0.3) is 11.4 Å². The molecule has 1 aromatic heterocycles. The molecule has 0 saturated carbocycles. The fourth-order valence-corrected chi connectivity index (χ4v) is 1.50. The summed E-state index contributed by atoms with van der Waals surface area (Å²) in [5.41, 5.74) is 2.09. The largest absolute Gasteiger partial charge is 0.396 e. The van der Waals surface area contributed by atoms with Crippen LogP contribution in [0.1, 0.15) is 17.8 Å². The molecule has 17 heavy (non-hydrogen) atoms. The fraction of sp³-hybridized carbons (Fsp3) is 0.333. The zero-order chi connectivity index (χ0) is 12.1. The van der Waals surface area contributed by atoms with Gasteiger partial charge in [0, 0.05) is 12.2 Å². The molecule has 1 aromatic carbocycles. The molecular formula is C12H14N4O. The summed E-state index contributed by atoms with van der Waals surface area (Å²) in [6.45, 7) is 1.97. The van der Waals surface area contributed by atoms with E-state index in [4.69, 9.17) is 5.11 Å². The molecule has 1 heterocycles. The molecule has 0 amide bonds. The molecule has 0 saturated heterocycles. The molecule has 88 valence electrons. The highest BCUT2D eigenvalue weighted by Crippen LogP contribution is 2.14. The van der Waals surface area contributed by atoms with Gasteiger partial charge in [0.25, 0.3) is 0 Å². The van der Waals surface area contributed by atoms with Crippen LogP contribution in [0.15, 0.2) is 24.3 Å². The Balaban J connectivity index is 2.14. The second kappa shape index (κ2) is 5.45. The van der Waals surface area contributed by atoms with Crippen molar-refractivity contribution >= 4 is 0 Å². The third-order valence-electron chi connectivity index (χ3n) is 2.41. The molecule has 2 aromatic rings. The molecule has 0 atom stereocenters. The maximum atomic E-state index is 8.75. The quantitative estimate of drug-likeness (QED) is 0.853. The summed E-state index contributed by atoms with van der Waals surface area (Å²) in [7, 11) is 0. The van der Waals surface area contributed by atoms with Crippen LogP contribution >= 0.6 is 0 Å². The molecule has 2 rings (SSSR count). The first kappa shape index (κ1) is 11.6. The number of benzene rings is 1. The summed E-state index contributed by atoms with van der Waals surface area (Å²) in [5.74, 6) is 1.10. The Morgan fingerprint density at radius 1 is 1.00 bits per heavy atom. The van der Waals surface area contributed by atoms with Crippen LogP contribution in [-0.4, -0.2) is 32.1 Å². The number of aliphatic hydroxyl groups is 1. The Hall–Kier alpha value is -1.88. The van der Waals surface area contributed by atoms with Crippen molar-refractivity contribution in [1.29, 1.82) is 0 Å². The number of hydrogen-bond acceptors (Lipinski definition) is 5. The van der Waals surface area contributed by atoms with Crippen LogP contribution in [0.4, 0.5) is 0 Å². The van der Waals surface area contributed by atoms with Gasteiger partial charge in [0.1, 0.15) is 0 Å². The van der Waals surface area contributed by atoms with Crippen LogP contribution in [0.3, 0.4) is 0 Å². The lowest BCUT2D eigenvalue weighted by molar-refractivity contribution is 0.288. The molecule has 0 spiro atoms. The first-order chi connectivity index (χ1) is 8.29. The zero-order valence-corrected chi connectivity index (χ0v) is 9.67. The second-order valence-corrected chi connectivity index (χ2v) is 3.79. The van der Waals surface area contributed by atoms with Crippen molar-refractivity contribution < 1.29 is 5.11 Å². The Kier molecular flexibility index (Phi) is 3.72. The molecule has 1 N–H and O–H groups in total. The van der Waals surface area contributed by atoms with Gasteiger partial charge >= 0.3 is 0 Å². The van der Waals surface area contributed by atoms with Gasteiger partial charge in [-0.2, -0.15) is 0 Å². The summed E-state index contributed by atoms with van der Waals surface area (Å²) >= 11 is 0. The molecule has 5 nitrogen and oxygen atoms in total. The molecular weight excluding hydrogens is 216 g/mol. The Labute approximate surface area is 99.6 Å². The van der Waals surface area contributed by atoms with Crippen LogP contribution < -0.4 is 0 Å². The maximum Gasteiger partial charge on any atom is 0.203 e. The van der Waals surface area contributed by atoms with E-state index in [1.165, 1.54) is 5.56 Å². The Morgan fingerprint density at radius 3 is 2.24 bits per heavy atom. The van der Waals surface area contributed by atoms with E-state index in [0.717, 1.165) is 18.4 Å². The summed E-state index contributed by atoms with van der Waals surface area (Å²) in [6, 6.07) is 7.91. The van der Waals surface area contributed by atoms with Gasteiger partial charge in [0.05, 0.1) is 0 Å². The van der Waals surface area contributed by atoms with Crippen molar-refractivity contribution in [1.82, 2.24) is 20.4 Å². The maximum absolute atomic E-state index is 8.75. The van der Waals surface area contributed by atoms with E-state index in [1.807, 2.05) is 24.3 Å². The van der Waals surface area contributed by atoms with E-state index in [1.54, 1.807) is 6.92 Å². The summed E-state index contributed by atoms with van der Waals surface area (Å²) in [6.07, 6.45) is 1.66. The molecule has 0 unspecified atom stereocenters. The van der Waals surface area contributed by atoms with Crippen LogP contribution in [0, 0.1) is 6.92 Å². The van der Waals surface area contributed by atoms with Gasteiger partial charge in [-0.25, -0.2) is 0 Å². The molecule has 5 heteroatoms. The third kappa shape index (κ3) is 3.04. The average molecular weight is 230 g/mol. The number of aliphatic hydroxyl groups excluding tert-OH is 1. The SMILES string of the molecule is Cc1nnc(-c2ccc(CCCO)cc2)nn1. The third-order valence-corrected chi connectivity index (χ3v) is 2.41. The smallest absolute Gasteiger partial charge is 0.203 e. The van der Waals surface area contributed by atoms with Crippen molar-refractivity contribution in [2.45, 2.75) is 19.8 Å². The van der Waals surface area contributed by atoms with Crippen molar-refractivity contribution in [3.8, 4) is 11.4 Å². The average Bonchev–Trinajstić information content (AvgIpc) is 2.38. The standard InChI is InChI=1S/C12H14N4O/c1-9-13-15-12(16-14-9)11-6-4-10(5-7-11)3-2-8-17/h4-7,17H,2-3,8H2,1H3. The van der Waals surface area contributed by atoms with Crippen molar-refractivity contribution in [2.24, 2.45) is 0 Å². The number of rotatable bonds is 4. The minimum absolute atomic E-state index is 0.219. The van der Waals surface area contributed by atoms with E-state index in [-0.39, 0.29) is 6.61 Å². The Bertz CT molecular complexity index is 467. The zero-order valence-electron chi connectivity index (χ0n) is 9.67. The van der Waals surface area contributed by atoms with Gasteiger partial charge < -0.3 is 5.11 Å². The molecule has 0 bridgehead atoms. The first-order valence-corrected chi connectivity index (χ1v) is 5.54. The number of aryl methyl sites for hydroxylation is 2. The molecule has 0 aliphatic rings. The predicted molar refractivity (Wildman–Crippen MR) is 63.2 cm³/mol. The fourth-order valence-electron chi connectivity index (χ4n) is 1.50. The summed E-state index contributed by atoms with van der Waals surface area (Å²) in [4.78, 5) is 0. The number of nitrogens with zero attached hydrogens (tertiary/aromatic N) is 4. The highest BCUT2D eigenvalue weighted by molar-refractivity contribution is 5.54. The van der Waals surface area contributed by atoms with E-state index < -0.39 is 0 Å². The van der Waals surface area contributed by atoms with Crippen molar-refractivity contribution in [2.75, 3.05) is 6.61 Å². The van der Waals surface area contributed by atoms with Gasteiger partial charge in [0.15, 0.2) is 5.82 Å². The van der Waals surface area contributed by atoms with Gasteiger partial charge in [-0.05, 0) is 25.3 Å². The lowest BCUT2D eigenvalue weighted by Gasteiger charge is -2.01. The van der Waals surface area contributed by atoms with E-state index in [0.29, 0.717) is 11.6 Å². The normalized spacial score (nSPS) is 10.5. The van der Waals surface area contributed by atoms with Gasteiger partial charge in [-0.15, -0.1) is 20.4 Å². The van der Waals surface area contributed by atoms with Crippen LogP contribution in [0.2, 0.25) is 0 Å². The van der Waals surface area contributed by atoms with E-state index in [2.05, 4.69) is 20.4 Å². The lowest BCUT2D eigenvalue weighted by Crippen LogP contribution is -1.98. The van der Waals surface area contributed by atoms with Crippen molar-refractivity contribution in [3.63, 3.8) is 0 Å². The highest BCUT2D eigenvalue weighted by atomic mass is 16.2. The molecule has 0 aliphatic carbocycles. The number of aromatic nitrogens is 4. The molecule has 0 fully saturated rings. The minimum Gasteiger partial charge on any atom is -0.396 e. The number of hydrogen-bond donors (Lipinski definition) is 1. The summed E-state index contributed by atoms with van der Waals surface area (Å²) < 4.78 is 0. The molecule has 0 aliphatic heterocycles. The summed E-state index contributed by atoms with van der Waals surface area (Å²) in [5, 5.41) is 24.4. The topological polar surface area (TPSA) is 71.8 Å².